The lowest BCUT2D eigenvalue weighted by atomic mass is 10.2. The summed E-state index contributed by atoms with van der Waals surface area (Å²) in [5.74, 6) is 0. The molecule has 0 amide bonds. The van der Waals surface area contributed by atoms with Gasteiger partial charge in [-0.25, -0.2) is 0 Å². The second-order valence-electron chi connectivity index (χ2n) is 3.16. The van der Waals surface area contributed by atoms with E-state index >= 15 is 0 Å². The van der Waals surface area contributed by atoms with Gasteiger partial charge in [0.2, 0.25) is 0 Å². The number of nitrogens with two attached hydrogens (primary N) is 1. The van der Waals surface area contributed by atoms with Crippen molar-refractivity contribution < 1.29 is 0 Å². The van der Waals surface area contributed by atoms with Crippen LogP contribution in [0, 0.1) is 6.92 Å². The van der Waals surface area contributed by atoms with Crippen LogP contribution in [0.2, 0.25) is 0 Å². The molecule has 0 fully saturated rings. The molecule has 0 aliphatic heterocycles. The van der Waals surface area contributed by atoms with E-state index in [0.29, 0.717) is 6.54 Å². The van der Waals surface area contributed by atoms with Gasteiger partial charge in [-0.15, -0.1) is 10.2 Å². The van der Waals surface area contributed by atoms with Gasteiger partial charge >= 0.3 is 0 Å². The first-order valence-corrected chi connectivity index (χ1v) is 7.08. The summed E-state index contributed by atoms with van der Waals surface area (Å²) in [5, 5.41) is 9.05. The molecule has 0 unspecified atom stereocenters. The lowest BCUT2D eigenvalue weighted by Gasteiger charge is -2.03. The Morgan fingerprint density at radius 1 is 1.44 bits per heavy atom. The van der Waals surface area contributed by atoms with Gasteiger partial charge in [-0.3, -0.25) is 0 Å². The Kier molecular flexibility index (Phi) is 3.96. The summed E-state index contributed by atoms with van der Waals surface area (Å²) >= 11 is 6.74. The van der Waals surface area contributed by atoms with Crippen molar-refractivity contribution in [1.82, 2.24) is 10.2 Å². The van der Waals surface area contributed by atoms with Gasteiger partial charge in [0, 0.05) is 15.9 Å². The summed E-state index contributed by atoms with van der Waals surface area (Å²) in [6, 6.07) is 6.12. The molecule has 0 saturated heterocycles. The first-order chi connectivity index (χ1) is 7.69. The van der Waals surface area contributed by atoms with Crippen LogP contribution in [0.3, 0.4) is 0 Å². The third-order valence-electron chi connectivity index (χ3n) is 1.94. The van der Waals surface area contributed by atoms with Crippen molar-refractivity contribution in [2.75, 3.05) is 0 Å². The molecule has 0 bridgehead atoms. The van der Waals surface area contributed by atoms with Crippen LogP contribution in [0.1, 0.15) is 10.6 Å². The molecule has 3 nitrogen and oxygen atoms in total. The highest BCUT2D eigenvalue weighted by Crippen LogP contribution is 2.35. The standard InChI is InChI=1S/C10H10BrN3S2/c1-6-13-14-10(15-6)16-9-3-2-7(5-12)4-8(9)11/h2-4H,5,12H2,1H3. The van der Waals surface area contributed by atoms with Gasteiger partial charge in [0.05, 0.1) is 0 Å². The van der Waals surface area contributed by atoms with Crippen LogP contribution >= 0.6 is 39.0 Å². The van der Waals surface area contributed by atoms with Crippen LogP contribution in [-0.2, 0) is 6.54 Å². The molecule has 16 heavy (non-hydrogen) atoms. The predicted molar refractivity (Wildman–Crippen MR) is 70.8 cm³/mol. The lowest BCUT2D eigenvalue weighted by molar-refractivity contribution is 0.983. The summed E-state index contributed by atoms with van der Waals surface area (Å²) < 4.78 is 2.01. The second-order valence-corrected chi connectivity index (χ2v) is 6.48. The van der Waals surface area contributed by atoms with E-state index < -0.39 is 0 Å². The number of benzene rings is 1. The van der Waals surface area contributed by atoms with Crippen LogP contribution < -0.4 is 5.73 Å². The predicted octanol–water partition coefficient (Wildman–Crippen LogP) is 3.22. The first kappa shape index (κ1) is 12.0. The zero-order valence-electron chi connectivity index (χ0n) is 8.61. The monoisotopic (exact) mass is 315 g/mol. The normalized spacial score (nSPS) is 10.7. The van der Waals surface area contributed by atoms with Crippen molar-refractivity contribution in [3.63, 3.8) is 0 Å². The van der Waals surface area contributed by atoms with E-state index in [2.05, 4.69) is 26.1 Å². The topological polar surface area (TPSA) is 51.8 Å². The fraction of sp³-hybridized carbons (Fsp3) is 0.200. The molecule has 84 valence electrons. The molecular weight excluding hydrogens is 306 g/mol. The van der Waals surface area contributed by atoms with Gasteiger partial charge in [0.1, 0.15) is 5.01 Å². The summed E-state index contributed by atoms with van der Waals surface area (Å²) in [4.78, 5) is 1.13. The summed E-state index contributed by atoms with van der Waals surface area (Å²) in [6.45, 7) is 2.51. The fourth-order valence-electron chi connectivity index (χ4n) is 1.17. The number of rotatable bonds is 3. The van der Waals surface area contributed by atoms with Crippen LogP contribution in [0.15, 0.2) is 31.9 Å². The minimum Gasteiger partial charge on any atom is -0.326 e. The lowest BCUT2D eigenvalue weighted by Crippen LogP contribution is -1.95. The highest BCUT2D eigenvalue weighted by Gasteiger charge is 2.07. The molecule has 0 aliphatic carbocycles. The fourth-order valence-corrected chi connectivity index (χ4v) is 3.61. The average molecular weight is 316 g/mol. The Morgan fingerprint density at radius 2 is 2.25 bits per heavy atom. The van der Waals surface area contributed by atoms with Crippen LogP contribution in [0.25, 0.3) is 0 Å². The average Bonchev–Trinajstić information content (AvgIpc) is 2.67. The molecule has 0 saturated carbocycles. The molecule has 0 aliphatic rings. The number of hydrogen-bond donors (Lipinski definition) is 1. The second kappa shape index (κ2) is 5.27. The van der Waals surface area contributed by atoms with E-state index in [9.17, 15) is 0 Å². The summed E-state index contributed by atoms with van der Waals surface area (Å²) in [7, 11) is 0. The maximum absolute atomic E-state index is 5.58. The Bertz CT molecular complexity index is 499. The van der Waals surface area contributed by atoms with E-state index in [-0.39, 0.29) is 0 Å². The van der Waals surface area contributed by atoms with Crippen molar-refractivity contribution in [2.24, 2.45) is 5.73 Å². The van der Waals surface area contributed by atoms with Gasteiger partial charge in [-0.2, -0.15) is 0 Å². The maximum atomic E-state index is 5.58. The summed E-state index contributed by atoms with van der Waals surface area (Å²) in [5.41, 5.74) is 6.69. The molecule has 2 aromatic rings. The number of aryl methyl sites for hydroxylation is 1. The van der Waals surface area contributed by atoms with Crippen LogP contribution in [0.4, 0.5) is 0 Å². The SMILES string of the molecule is Cc1nnc(Sc2ccc(CN)cc2Br)s1. The number of nitrogens with zero attached hydrogens (tertiary/aromatic N) is 2. The number of halogens is 1. The Balaban J connectivity index is 2.21. The van der Waals surface area contributed by atoms with E-state index in [1.54, 1.807) is 23.1 Å². The van der Waals surface area contributed by atoms with Crippen LogP contribution in [0.5, 0.6) is 0 Å². The van der Waals surface area contributed by atoms with Gasteiger partial charge in [-0.1, -0.05) is 29.2 Å². The number of hydrogen-bond acceptors (Lipinski definition) is 5. The Labute approximate surface area is 111 Å². The third kappa shape index (κ3) is 2.82. The molecule has 2 N–H and O–H groups in total. The minimum atomic E-state index is 0.557. The van der Waals surface area contributed by atoms with E-state index in [0.717, 1.165) is 24.3 Å². The van der Waals surface area contributed by atoms with Gasteiger partial charge in [0.25, 0.3) is 0 Å². The highest BCUT2D eigenvalue weighted by molar-refractivity contribution is 9.10. The molecule has 0 spiro atoms. The molecule has 1 aromatic heterocycles. The highest BCUT2D eigenvalue weighted by atomic mass is 79.9. The molecule has 0 radical (unpaired) electrons. The van der Waals surface area contributed by atoms with Crippen molar-refractivity contribution in [3.05, 3.63) is 33.2 Å². The molecular formula is C10H10BrN3S2. The zero-order chi connectivity index (χ0) is 11.5. The molecule has 0 atom stereocenters. The van der Waals surface area contributed by atoms with Gasteiger partial charge in [0.15, 0.2) is 4.34 Å². The van der Waals surface area contributed by atoms with Gasteiger partial charge in [-0.05, 0) is 40.5 Å². The smallest absolute Gasteiger partial charge is 0.179 e. The Morgan fingerprint density at radius 3 is 2.81 bits per heavy atom. The van der Waals surface area contributed by atoms with E-state index in [4.69, 9.17) is 5.73 Å². The van der Waals surface area contributed by atoms with E-state index in [1.165, 1.54) is 0 Å². The molecule has 2 rings (SSSR count). The van der Waals surface area contributed by atoms with Crippen molar-refractivity contribution in [2.45, 2.75) is 22.7 Å². The molecule has 1 heterocycles. The van der Waals surface area contributed by atoms with E-state index in [1.807, 2.05) is 25.1 Å². The summed E-state index contributed by atoms with van der Waals surface area (Å²) in [6.07, 6.45) is 0. The van der Waals surface area contributed by atoms with Crippen molar-refractivity contribution >= 4 is 39.0 Å². The molecule has 1 aromatic carbocycles. The van der Waals surface area contributed by atoms with Crippen LogP contribution in [-0.4, -0.2) is 10.2 Å². The zero-order valence-corrected chi connectivity index (χ0v) is 11.8. The minimum absolute atomic E-state index is 0.557. The van der Waals surface area contributed by atoms with Crippen molar-refractivity contribution in [3.8, 4) is 0 Å². The Hall–Kier alpha value is -0.430. The number of aromatic nitrogens is 2. The largest absolute Gasteiger partial charge is 0.326 e. The van der Waals surface area contributed by atoms with Gasteiger partial charge < -0.3 is 5.73 Å². The third-order valence-corrected chi connectivity index (χ3v) is 4.82. The quantitative estimate of drug-likeness (QED) is 0.944. The van der Waals surface area contributed by atoms with Crippen molar-refractivity contribution in [1.29, 1.82) is 0 Å². The maximum Gasteiger partial charge on any atom is 0.179 e. The first-order valence-electron chi connectivity index (χ1n) is 4.65. The molecule has 6 heteroatoms.